The van der Waals surface area contributed by atoms with E-state index in [-0.39, 0.29) is 26.1 Å². The van der Waals surface area contributed by atoms with Crippen LogP contribution in [0.4, 0.5) is 13.2 Å². The van der Waals surface area contributed by atoms with E-state index >= 15 is 0 Å². The van der Waals surface area contributed by atoms with E-state index in [2.05, 4.69) is 9.58 Å². The third-order valence-electron chi connectivity index (χ3n) is 1.07. The van der Waals surface area contributed by atoms with Crippen molar-refractivity contribution in [2.75, 3.05) is 6.61 Å². The number of carbonyl (C=O) groups is 1. The van der Waals surface area contributed by atoms with Crippen LogP contribution in [0, 0.1) is 6.57 Å². The zero-order chi connectivity index (χ0) is 11.4. The molecule has 0 atom stereocenters. The first-order valence-corrected chi connectivity index (χ1v) is 3.39. The Balaban J connectivity index is 0. The first-order valence-electron chi connectivity index (χ1n) is 3.39. The Kier molecular flexibility index (Phi) is 6.98. The van der Waals surface area contributed by atoms with Crippen LogP contribution < -0.4 is 0 Å². The quantitative estimate of drug-likeness (QED) is 0.275. The zero-order valence-corrected chi connectivity index (χ0v) is 10.7. The molecule has 0 aromatic heterocycles. The van der Waals surface area contributed by atoms with E-state index in [1.807, 2.05) is 0 Å². The smallest absolute Gasteiger partial charge is 0.438 e. The number of rotatable bonds is 2. The van der Waals surface area contributed by atoms with Gasteiger partial charge in [0.15, 0.2) is 0 Å². The molecule has 0 unspecified atom stereocenters. The minimum Gasteiger partial charge on any atom is -0.515 e. The molecule has 0 aliphatic rings. The maximum Gasteiger partial charge on any atom is 0.438 e. The zero-order valence-electron chi connectivity index (χ0n) is 7.76. The molecule has 0 amide bonds. The number of allylic oxidation sites excluding steroid dienone is 1. The molecule has 0 fully saturated rings. The average molecular weight is 275 g/mol. The number of nitrogens with zero attached hydrogens (tertiary/aromatic N) is 1. The number of alkyl halides is 3. The molecular weight excluding hydrogens is 268 g/mol. The van der Waals surface area contributed by atoms with Crippen molar-refractivity contribution >= 4 is 5.97 Å². The van der Waals surface area contributed by atoms with Crippen LogP contribution in [-0.4, -0.2) is 23.9 Å². The van der Waals surface area contributed by atoms with Crippen LogP contribution in [0.2, 0.25) is 0 Å². The minimum absolute atomic E-state index is 0. The Labute approximate surface area is 96.3 Å². The number of esters is 1. The molecule has 8 heteroatoms. The van der Waals surface area contributed by atoms with Gasteiger partial charge in [-0.15, -0.1) is 0 Å². The molecule has 0 aromatic rings. The first kappa shape index (κ1) is 16.3. The summed E-state index contributed by atoms with van der Waals surface area (Å²) in [6, 6.07) is 0. The van der Waals surface area contributed by atoms with Crippen molar-refractivity contribution in [3.8, 4) is 0 Å². The van der Waals surface area contributed by atoms with Crippen molar-refractivity contribution < 1.29 is 47.3 Å². The van der Waals surface area contributed by atoms with E-state index in [0.29, 0.717) is 0 Å². The summed E-state index contributed by atoms with van der Waals surface area (Å²) < 4.78 is 39.6. The average Bonchev–Trinajstić information content (AvgIpc) is 2.04. The summed E-state index contributed by atoms with van der Waals surface area (Å²) in [5, 5.41) is 8.48. The molecule has 0 bridgehead atoms. The molecule has 4 nitrogen and oxygen atoms in total. The van der Waals surface area contributed by atoms with Crippen LogP contribution in [0.3, 0.4) is 0 Å². The largest absolute Gasteiger partial charge is 0.515 e. The van der Waals surface area contributed by atoms with Crippen molar-refractivity contribution in [2.45, 2.75) is 13.1 Å². The number of carbonyl (C=O) groups excluding carboxylic acids is 1. The molecule has 1 N–H and O–H groups in total. The van der Waals surface area contributed by atoms with Crippen LogP contribution in [0.1, 0.15) is 6.92 Å². The maximum atomic E-state index is 11.8. The fraction of sp³-hybridized carbons (Fsp3) is 0.429. The van der Waals surface area contributed by atoms with Gasteiger partial charge >= 0.3 is 17.8 Å². The van der Waals surface area contributed by atoms with E-state index in [0.717, 1.165) is 0 Å². The Morgan fingerprint density at radius 1 is 1.53 bits per heavy atom. The molecule has 0 rings (SSSR count). The molecule has 0 aliphatic heterocycles. The topological polar surface area (TPSA) is 50.9 Å². The van der Waals surface area contributed by atoms with Gasteiger partial charge in [-0.25, -0.2) is 4.85 Å². The second kappa shape index (κ2) is 6.41. The molecule has 0 spiro atoms. The summed E-state index contributed by atoms with van der Waals surface area (Å²) >= 11 is 0. The molecule has 0 radical (unpaired) electrons. The van der Waals surface area contributed by atoms with E-state index in [1.165, 1.54) is 6.92 Å². The predicted octanol–water partition coefficient (Wildman–Crippen LogP) is 1.80. The van der Waals surface area contributed by atoms with Crippen molar-refractivity contribution in [1.29, 1.82) is 0 Å². The van der Waals surface area contributed by atoms with E-state index < -0.39 is 23.6 Å². The van der Waals surface area contributed by atoms with Crippen LogP contribution in [0.15, 0.2) is 11.5 Å². The van der Waals surface area contributed by atoms with Gasteiger partial charge in [-0.2, -0.15) is 13.2 Å². The van der Waals surface area contributed by atoms with Crippen LogP contribution in [-0.2, 0) is 29.0 Å². The van der Waals surface area contributed by atoms with E-state index in [1.54, 1.807) is 0 Å². The Hall–Kier alpha value is -1.09. The number of halogens is 3. The molecule has 15 heavy (non-hydrogen) atoms. The Morgan fingerprint density at radius 3 is 2.27 bits per heavy atom. The SMILES string of the molecule is [C-]#[N+]/C(C(=O)OCC)=C(/O)C(F)(F)F.[Zn]. The fourth-order valence-electron chi connectivity index (χ4n) is 0.529. The van der Waals surface area contributed by atoms with Gasteiger partial charge in [0.05, 0.1) is 13.2 Å². The summed E-state index contributed by atoms with van der Waals surface area (Å²) in [5.41, 5.74) is -1.46. The van der Waals surface area contributed by atoms with Gasteiger partial charge in [-0.3, -0.25) is 4.79 Å². The van der Waals surface area contributed by atoms with E-state index in [4.69, 9.17) is 11.7 Å². The first-order chi connectivity index (χ1) is 6.34. The molecule has 0 saturated heterocycles. The fourth-order valence-corrected chi connectivity index (χ4v) is 0.529. The standard InChI is InChI=1S/C7H6F3NO3.Zn/c1-3-14-6(13)4(11-2)5(12)7(8,9)10;/h12H,3H2,1H3;/b5-4+;. The number of ether oxygens (including phenoxy) is 1. The monoisotopic (exact) mass is 273 g/mol. The van der Waals surface area contributed by atoms with Gasteiger partial charge in [-0.05, 0) is 6.92 Å². The normalized spacial score (nSPS) is 11.9. The number of aliphatic hydroxyl groups excluding tert-OH is 1. The van der Waals surface area contributed by atoms with Gasteiger partial charge in [0.25, 0.3) is 0 Å². The van der Waals surface area contributed by atoms with Crippen molar-refractivity contribution in [3.63, 3.8) is 0 Å². The molecule has 0 aliphatic carbocycles. The minimum atomic E-state index is -5.12. The molecule has 0 aromatic carbocycles. The maximum absolute atomic E-state index is 11.8. The molecule has 80 valence electrons. The van der Waals surface area contributed by atoms with Gasteiger partial charge in [0.1, 0.15) is 0 Å². The van der Waals surface area contributed by atoms with Crippen molar-refractivity contribution in [2.24, 2.45) is 0 Å². The van der Waals surface area contributed by atoms with Crippen LogP contribution in [0.5, 0.6) is 0 Å². The van der Waals surface area contributed by atoms with Gasteiger partial charge in [0.2, 0.25) is 5.76 Å². The third kappa shape index (κ3) is 4.79. The molecular formula is C7H6F3NO3Zn. The van der Waals surface area contributed by atoms with E-state index in [9.17, 15) is 18.0 Å². The second-order valence-corrected chi connectivity index (χ2v) is 2.03. The third-order valence-corrected chi connectivity index (χ3v) is 1.07. The van der Waals surface area contributed by atoms with Gasteiger partial charge < -0.3 is 9.84 Å². The van der Waals surface area contributed by atoms with Gasteiger partial charge in [-0.1, -0.05) is 0 Å². The predicted molar refractivity (Wildman–Crippen MR) is 38.9 cm³/mol. The number of hydrogen-bond acceptors (Lipinski definition) is 3. The van der Waals surface area contributed by atoms with Crippen LogP contribution >= 0.6 is 0 Å². The Morgan fingerprint density at radius 2 is 2.00 bits per heavy atom. The molecule has 0 heterocycles. The summed E-state index contributed by atoms with van der Waals surface area (Å²) in [4.78, 5) is 13.0. The summed E-state index contributed by atoms with van der Waals surface area (Å²) in [6.45, 7) is 7.47. The number of hydrogen-bond donors (Lipinski definition) is 1. The second-order valence-electron chi connectivity index (χ2n) is 2.03. The summed E-state index contributed by atoms with van der Waals surface area (Å²) in [7, 11) is 0. The Bertz CT molecular complexity index is 306. The van der Waals surface area contributed by atoms with Crippen molar-refractivity contribution in [3.05, 3.63) is 22.9 Å². The number of aliphatic hydroxyl groups is 1. The van der Waals surface area contributed by atoms with Gasteiger partial charge in [0, 0.05) is 19.5 Å². The van der Waals surface area contributed by atoms with Crippen molar-refractivity contribution in [1.82, 2.24) is 0 Å². The molecule has 0 saturated carbocycles. The van der Waals surface area contributed by atoms with Crippen LogP contribution in [0.25, 0.3) is 4.85 Å². The summed E-state index contributed by atoms with van der Waals surface area (Å²) in [6.07, 6.45) is -5.12. The summed E-state index contributed by atoms with van der Waals surface area (Å²) in [5.74, 6) is -3.72.